The van der Waals surface area contributed by atoms with Crippen molar-refractivity contribution in [2.75, 3.05) is 6.61 Å². The van der Waals surface area contributed by atoms with Gasteiger partial charge in [0.15, 0.2) is 0 Å². The number of hydrogen-bond acceptors (Lipinski definition) is 4. The van der Waals surface area contributed by atoms with Crippen LogP contribution < -0.4 is 10.2 Å². The molecule has 2 aromatic rings. The molecule has 2 rings (SSSR count). The second-order valence-corrected chi connectivity index (χ2v) is 4.24. The van der Waals surface area contributed by atoms with Gasteiger partial charge in [-0.15, -0.1) is 0 Å². The summed E-state index contributed by atoms with van der Waals surface area (Å²) in [5.74, 6) is 1.00. The van der Waals surface area contributed by atoms with Crippen molar-refractivity contribution in [1.29, 1.82) is 0 Å². The molecule has 1 N–H and O–H groups in total. The number of ether oxygens (including phenoxy) is 1. The molecular weight excluding hydrogens is 268 g/mol. The number of amides is 1. The SMILES string of the molecule is C=CCOc1ccc(C(=O)NN=C(C)c2ccco2)cc1. The van der Waals surface area contributed by atoms with Crippen molar-refractivity contribution in [3.63, 3.8) is 0 Å². The largest absolute Gasteiger partial charge is 0.490 e. The number of hydrazone groups is 1. The highest BCUT2D eigenvalue weighted by Gasteiger charge is 2.06. The van der Waals surface area contributed by atoms with Crippen molar-refractivity contribution in [3.8, 4) is 5.75 Å². The summed E-state index contributed by atoms with van der Waals surface area (Å²) >= 11 is 0. The fourth-order valence-electron chi connectivity index (χ4n) is 1.60. The summed E-state index contributed by atoms with van der Waals surface area (Å²) in [6.07, 6.45) is 3.21. The van der Waals surface area contributed by atoms with Gasteiger partial charge in [0.2, 0.25) is 0 Å². The van der Waals surface area contributed by atoms with Gasteiger partial charge in [0.05, 0.1) is 6.26 Å². The molecule has 0 atom stereocenters. The monoisotopic (exact) mass is 284 g/mol. The molecule has 5 heteroatoms. The topological polar surface area (TPSA) is 63.8 Å². The number of rotatable bonds is 6. The third-order valence-corrected chi connectivity index (χ3v) is 2.69. The van der Waals surface area contributed by atoms with Crippen LogP contribution in [0.5, 0.6) is 5.75 Å². The first-order valence-electron chi connectivity index (χ1n) is 6.43. The Morgan fingerprint density at radius 3 is 2.76 bits per heavy atom. The van der Waals surface area contributed by atoms with E-state index in [1.165, 1.54) is 0 Å². The van der Waals surface area contributed by atoms with Crippen LogP contribution in [-0.2, 0) is 0 Å². The maximum absolute atomic E-state index is 11.9. The summed E-state index contributed by atoms with van der Waals surface area (Å²) in [7, 11) is 0. The van der Waals surface area contributed by atoms with Crippen LogP contribution in [0, 0.1) is 0 Å². The fourth-order valence-corrected chi connectivity index (χ4v) is 1.60. The molecule has 0 saturated heterocycles. The van der Waals surface area contributed by atoms with Gasteiger partial charge in [-0.25, -0.2) is 5.43 Å². The van der Waals surface area contributed by atoms with E-state index in [4.69, 9.17) is 9.15 Å². The van der Waals surface area contributed by atoms with Gasteiger partial charge in [-0.2, -0.15) is 5.10 Å². The Balaban J connectivity index is 1.97. The molecule has 1 heterocycles. The maximum Gasteiger partial charge on any atom is 0.271 e. The van der Waals surface area contributed by atoms with Gasteiger partial charge < -0.3 is 9.15 Å². The minimum absolute atomic E-state index is 0.295. The number of hydrogen-bond donors (Lipinski definition) is 1. The number of carbonyl (C=O) groups excluding carboxylic acids is 1. The van der Waals surface area contributed by atoms with Crippen molar-refractivity contribution in [3.05, 3.63) is 66.6 Å². The molecule has 0 aliphatic rings. The number of nitrogens with zero attached hydrogens (tertiary/aromatic N) is 1. The molecule has 0 aliphatic heterocycles. The van der Waals surface area contributed by atoms with Gasteiger partial charge in [0.1, 0.15) is 23.8 Å². The molecule has 0 fully saturated rings. The van der Waals surface area contributed by atoms with Crippen LogP contribution in [0.3, 0.4) is 0 Å². The molecule has 0 spiro atoms. The van der Waals surface area contributed by atoms with Crippen molar-refractivity contribution < 1.29 is 13.9 Å². The lowest BCUT2D eigenvalue weighted by Crippen LogP contribution is -2.19. The average molecular weight is 284 g/mol. The van der Waals surface area contributed by atoms with E-state index >= 15 is 0 Å². The van der Waals surface area contributed by atoms with E-state index in [-0.39, 0.29) is 5.91 Å². The maximum atomic E-state index is 11.9. The molecule has 21 heavy (non-hydrogen) atoms. The van der Waals surface area contributed by atoms with Crippen LogP contribution >= 0.6 is 0 Å². The first-order chi connectivity index (χ1) is 10.2. The Morgan fingerprint density at radius 2 is 2.14 bits per heavy atom. The molecule has 0 aliphatic carbocycles. The van der Waals surface area contributed by atoms with Crippen LogP contribution in [0.2, 0.25) is 0 Å². The molecule has 1 amide bonds. The quantitative estimate of drug-likeness (QED) is 0.504. The highest BCUT2D eigenvalue weighted by molar-refractivity contribution is 5.99. The molecule has 1 aromatic heterocycles. The summed E-state index contributed by atoms with van der Waals surface area (Å²) in [6, 6.07) is 10.3. The lowest BCUT2D eigenvalue weighted by Gasteiger charge is -2.04. The van der Waals surface area contributed by atoms with Crippen molar-refractivity contribution in [2.24, 2.45) is 5.10 Å². The summed E-state index contributed by atoms with van der Waals surface area (Å²) in [5.41, 5.74) is 3.58. The van der Waals surface area contributed by atoms with Gasteiger partial charge in [-0.3, -0.25) is 4.79 Å². The second-order valence-electron chi connectivity index (χ2n) is 4.24. The second kappa shape index (κ2) is 7.09. The molecule has 5 nitrogen and oxygen atoms in total. The van der Waals surface area contributed by atoms with Gasteiger partial charge >= 0.3 is 0 Å². The van der Waals surface area contributed by atoms with E-state index in [1.807, 2.05) is 0 Å². The summed E-state index contributed by atoms with van der Waals surface area (Å²) in [4.78, 5) is 11.9. The van der Waals surface area contributed by atoms with Gasteiger partial charge in [-0.1, -0.05) is 12.7 Å². The summed E-state index contributed by atoms with van der Waals surface area (Å²) < 4.78 is 10.5. The van der Waals surface area contributed by atoms with E-state index in [0.29, 0.717) is 29.4 Å². The zero-order valence-electron chi connectivity index (χ0n) is 11.7. The molecule has 0 radical (unpaired) electrons. The Kier molecular flexibility index (Phi) is 4.93. The highest BCUT2D eigenvalue weighted by Crippen LogP contribution is 2.12. The van der Waals surface area contributed by atoms with E-state index in [1.54, 1.807) is 55.7 Å². The third-order valence-electron chi connectivity index (χ3n) is 2.69. The average Bonchev–Trinajstić information content (AvgIpc) is 3.05. The fraction of sp³-hybridized carbons (Fsp3) is 0.125. The van der Waals surface area contributed by atoms with E-state index < -0.39 is 0 Å². The lowest BCUT2D eigenvalue weighted by atomic mass is 10.2. The molecular formula is C16H16N2O3. The zero-order chi connectivity index (χ0) is 15.1. The summed E-state index contributed by atoms with van der Waals surface area (Å²) in [6.45, 7) is 5.76. The first kappa shape index (κ1) is 14.6. The molecule has 1 aromatic carbocycles. The number of nitrogens with one attached hydrogen (secondary N) is 1. The van der Waals surface area contributed by atoms with Gasteiger partial charge in [-0.05, 0) is 43.3 Å². The Morgan fingerprint density at radius 1 is 1.38 bits per heavy atom. The van der Waals surface area contributed by atoms with Gasteiger partial charge in [0, 0.05) is 5.56 Å². The van der Waals surface area contributed by atoms with Crippen LogP contribution in [0.15, 0.2) is 64.8 Å². The van der Waals surface area contributed by atoms with E-state index in [0.717, 1.165) is 0 Å². The molecule has 0 unspecified atom stereocenters. The Labute approximate surface area is 122 Å². The van der Waals surface area contributed by atoms with E-state index in [9.17, 15) is 4.79 Å². The normalized spacial score (nSPS) is 11.0. The predicted octanol–water partition coefficient (Wildman–Crippen LogP) is 3.00. The van der Waals surface area contributed by atoms with E-state index in [2.05, 4.69) is 17.1 Å². The number of carbonyl (C=O) groups is 1. The van der Waals surface area contributed by atoms with Crippen LogP contribution in [0.1, 0.15) is 23.0 Å². The van der Waals surface area contributed by atoms with Crippen molar-refractivity contribution >= 4 is 11.6 Å². The molecule has 0 saturated carbocycles. The van der Waals surface area contributed by atoms with Crippen LogP contribution in [0.25, 0.3) is 0 Å². The minimum Gasteiger partial charge on any atom is -0.490 e. The Bertz CT molecular complexity index is 628. The van der Waals surface area contributed by atoms with Crippen LogP contribution in [0.4, 0.5) is 0 Å². The van der Waals surface area contributed by atoms with Crippen molar-refractivity contribution in [1.82, 2.24) is 5.43 Å². The minimum atomic E-state index is -0.295. The number of benzene rings is 1. The smallest absolute Gasteiger partial charge is 0.271 e. The highest BCUT2D eigenvalue weighted by atomic mass is 16.5. The molecule has 108 valence electrons. The first-order valence-corrected chi connectivity index (χ1v) is 6.43. The summed E-state index contributed by atoms with van der Waals surface area (Å²) in [5, 5.41) is 3.99. The standard InChI is InChI=1S/C16H16N2O3/c1-3-10-20-14-8-6-13(7-9-14)16(19)18-17-12(2)15-5-4-11-21-15/h3-9,11H,1,10H2,2H3,(H,18,19). The lowest BCUT2D eigenvalue weighted by molar-refractivity contribution is 0.0955. The van der Waals surface area contributed by atoms with Gasteiger partial charge in [0.25, 0.3) is 5.91 Å². The van der Waals surface area contributed by atoms with Crippen molar-refractivity contribution in [2.45, 2.75) is 6.92 Å². The zero-order valence-corrected chi connectivity index (χ0v) is 11.7. The number of furan rings is 1. The Hall–Kier alpha value is -2.82. The third kappa shape index (κ3) is 4.07. The predicted molar refractivity (Wildman–Crippen MR) is 80.5 cm³/mol. The van der Waals surface area contributed by atoms with Crippen LogP contribution in [-0.4, -0.2) is 18.2 Å². The molecule has 0 bridgehead atoms.